The molecule has 0 radical (unpaired) electrons. The van der Waals surface area contributed by atoms with Gasteiger partial charge in [0.1, 0.15) is 0 Å². The van der Waals surface area contributed by atoms with Crippen molar-refractivity contribution in [2.75, 3.05) is 17.4 Å². The highest BCUT2D eigenvalue weighted by Crippen LogP contribution is 2.68. The predicted octanol–water partition coefficient (Wildman–Crippen LogP) is 18.0. The summed E-state index contributed by atoms with van der Waals surface area (Å²) in [4.78, 5) is 5.33. The van der Waals surface area contributed by atoms with E-state index in [0.29, 0.717) is 0 Å². The third-order valence-electron chi connectivity index (χ3n) is 14.0. The van der Waals surface area contributed by atoms with Gasteiger partial charge in [-0.1, -0.05) is 152 Å². The van der Waals surface area contributed by atoms with Gasteiger partial charge in [0.05, 0.1) is 11.0 Å². The zero-order valence-electron chi connectivity index (χ0n) is 37.4. The second-order valence-corrected chi connectivity index (χ2v) is 21.7. The minimum Gasteiger partial charge on any atom is -0.310 e. The fourth-order valence-electron chi connectivity index (χ4n) is 10.7. The van der Waals surface area contributed by atoms with Gasteiger partial charge in [-0.25, -0.2) is 0 Å². The van der Waals surface area contributed by atoms with Gasteiger partial charge in [0.25, 0.3) is 0 Å². The van der Waals surface area contributed by atoms with Crippen molar-refractivity contribution in [1.82, 2.24) is 4.57 Å². The molecule has 0 spiro atoms. The molecule has 13 rings (SSSR count). The van der Waals surface area contributed by atoms with Crippen LogP contribution in [0.4, 0.5) is 17.1 Å². The van der Waals surface area contributed by atoms with Gasteiger partial charge in [-0.2, -0.15) is 10.0 Å². The van der Waals surface area contributed by atoms with Crippen LogP contribution < -0.4 is 4.90 Å². The smallest absolute Gasteiger partial charge is 0.0547 e. The van der Waals surface area contributed by atoms with Gasteiger partial charge in [0.2, 0.25) is 0 Å². The highest BCUT2D eigenvalue weighted by molar-refractivity contribution is 8.33. The first-order chi connectivity index (χ1) is 33.0. The van der Waals surface area contributed by atoms with Gasteiger partial charge in [-0.05, 0) is 164 Å². The number of hydrogen-bond acceptors (Lipinski definition) is 1. The molecule has 3 heteroatoms. The van der Waals surface area contributed by atoms with Crippen LogP contribution >= 0.6 is 10.0 Å². The minimum atomic E-state index is -1.11. The Hall–Kier alpha value is -8.11. The molecule has 67 heavy (non-hydrogen) atoms. The first-order valence-corrected chi connectivity index (χ1v) is 25.5. The molecule has 1 aliphatic heterocycles. The number of rotatable bonds is 7. The molecule has 0 unspecified atom stereocenters. The lowest BCUT2D eigenvalue weighted by molar-refractivity contribution is 1.18. The predicted molar refractivity (Wildman–Crippen MR) is 288 cm³/mol. The van der Waals surface area contributed by atoms with Crippen molar-refractivity contribution < 1.29 is 0 Å². The molecule has 2 nitrogen and oxygen atoms in total. The van der Waals surface area contributed by atoms with Crippen LogP contribution in [0.1, 0.15) is 0 Å². The van der Waals surface area contributed by atoms with E-state index in [9.17, 15) is 0 Å². The summed E-state index contributed by atoms with van der Waals surface area (Å²) >= 11 is 0. The van der Waals surface area contributed by atoms with Crippen molar-refractivity contribution in [3.8, 4) is 50.2 Å². The van der Waals surface area contributed by atoms with Crippen molar-refractivity contribution in [3.05, 3.63) is 243 Å². The van der Waals surface area contributed by atoms with Crippen molar-refractivity contribution in [3.63, 3.8) is 0 Å². The van der Waals surface area contributed by atoms with E-state index in [-0.39, 0.29) is 0 Å². The molecule has 12 aromatic rings. The standard InChI is InChI=1S/C64H46N2S/c1-67(2)62-23-12-11-22-56(62)64-57-42-61-59(41-51(57)30-37-63(64)67)58-40-50(29-36-60(58)66(61)52-20-7-4-8-21-52)48-19-13-18-47(38-48)46-26-33-54(34-27-46)65(55-35-28-44-16-9-10-17-49(44)39-55)53-31-24-45(25-32-53)43-14-5-3-6-15-43/h3-42H,1-2H3. The number of fused-ring (bicyclic) bond motifs is 9. The monoisotopic (exact) mass is 874 g/mol. The fraction of sp³-hybridized carbons (Fsp3) is 0.0312. The Kier molecular flexibility index (Phi) is 9.09. The van der Waals surface area contributed by atoms with Gasteiger partial charge in [0, 0.05) is 48.9 Å². The molecule has 0 saturated heterocycles. The molecule has 0 saturated carbocycles. The second kappa shape index (κ2) is 15.5. The quantitative estimate of drug-likeness (QED) is 0.155. The molecule has 0 fully saturated rings. The van der Waals surface area contributed by atoms with Crippen molar-refractivity contribution in [2.45, 2.75) is 9.79 Å². The first-order valence-electron chi connectivity index (χ1n) is 23.0. The van der Waals surface area contributed by atoms with Crippen LogP contribution in [0.2, 0.25) is 0 Å². The zero-order valence-corrected chi connectivity index (χ0v) is 38.2. The maximum atomic E-state index is 2.47. The SMILES string of the molecule is CS1(C)c2ccccc2-c2c1ccc1cc3c4cc(-c5cccc(-c6ccc(N(c7ccc(-c8ccccc8)cc7)c7ccc8ccccc8c7)cc6)c5)ccc4n(-c4ccccc4)c3cc21. The number of benzene rings is 11. The number of para-hydroxylation sites is 1. The number of aromatic nitrogens is 1. The third-order valence-corrected chi connectivity index (χ3v) is 16.9. The van der Waals surface area contributed by atoms with E-state index in [4.69, 9.17) is 0 Å². The van der Waals surface area contributed by atoms with E-state index in [0.717, 1.165) is 17.1 Å². The number of nitrogens with zero attached hydrogens (tertiary/aromatic N) is 2. The van der Waals surface area contributed by atoms with Crippen LogP contribution in [-0.4, -0.2) is 17.1 Å². The summed E-state index contributed by atoms with van der Waals surface area (Å²) < 4.78 is 2.46. The van der Waals surface area contributed by atoms with E-state index in [1.807, 2.05) is 0 Å². The van der Waals surface area contributed by atoms with Crippen LogP contribution in [0.25, 0.3) is 93.5 Å². The maximum absolute atomic E-state index is 2.47. The summed E-state index contributed by atoms with van der Waals surface area (Å²) in [5.74, 6) is 0. The zero-order chi connectivity index (χ0) is 44.6. The molecule has 2 heterocycles. The van der Waals surface area contributed by atoms with E-state index in [2.05, 4.69) is 265 Å². The van der Waals surface area contributed by atoms with Crippen LogP contribution in [0, 0.1) is 0 Å². The van der Waals surface area contributed by atoms with Crippen molar-refractivity contribution in [1.29, 1.82) is 0 Å². The summed E-state index contributed by atoms with van der Waals surface area (Å²) in [7, 11) is -1.11. The summed E-state index contributed by atoms with van der Waals surface area (Å²) in [5.41, 5.74) is 16.9. The summed E-state index contributed by atoms with van der Waals surface area (Å²) in [5, 5.41) is 7.58. The van der Waals surface area contributed by atoms with Crippen LogP contribution in [0.3, 0.4) is 0 Å². The van der Waals surface area contributed by atoms with Gasteiger partial charge in [0.15, 0.2) is 0 Å². The topological polar surface area (TPSA) is 8.17 Å². The van der Waals surface area contributed by atoms with Crippen LogP contribution in [0.5, 0.6) is 0 Å². The Morgan fingerprint density at radius 2 is 0.881 bits per heavy atom. The average molecular weight is 875 g/mol. The van der Waals surface area contributed by atoms with Gasteiger partial charge < -0.3 is 9.47 Å². The molecule has 318 valence electrons. The van der Waals surface area contributed by atoms with Gasteiger partial charge in [-0.3, -0.25) is 0 Å². The molecule has 0 bridgehead atoms. The Balaban J connectivity index is 0.893. The van der Waals surface area contributed by atoms with Gasteiger partial charge in [-0.15, -0.1) is 0 Å². The molecular weight excluding hydrogens is 829 g/mol. The van der Waals surface area contributed by atoms with E-state index in [1.165, 1.54) is 103 Å². The molecular formula is C64H46N2S. The third kappa shape index (κ3) is 6.49. The Labute approximate surface area is 393 Å². The Morgan fingerprint density at radius 1 is 0.328 bits per heavy atom. The lowest BCUT2D eigenvalue weighted by Gasteiger charge is -2.28. The van der Waals surface area contributed by atoms with Crippen LogP contribution in [-0.2, 0) is 0 Å². The minimum absolute atomic E-state index is 1.11. The molecule has 0 atom stereocenters. The molecule has 1 aliphatic rings. The fourth-order valence-corrected chi connectivity index (χ4v) is 13.2. The summed E-state index contributed by atoms with van der Waals surface area (Å²) in [6.07, 6.45) is 4.89. The lowest BCUT2D eigenvalue weighted by atomic mass is 9.96. The summed E-state index contributed by atoms with van der Waals surface area (Å²) in [6, 6.07) is 89.5. The molecule has 1 aromatic heterocycles. The highest BCUT2D eigenvalue weighted by Gasteiger charge is 2.33. The largest absolute Gasteiger partial charge is 0.310 e. The molecule has 11 aromatic carbocycles. The van der Waals surface area contributed by atoms with E-state index < -0.39 is 10.0 Å². The lowest BCUT2D eigenvalue weighted by Crippen LogP contribution is -2.09. The van der Waals surface area contributed by atoms with E-state index >= 15 is 0 Å². The second-order valence-electron chi connectivity index (χ2n) is 18.2. The molecule has 0 N–H and O–H groups in total. The Morgan fingerprint density at radius 3 is 1.64 bits per heavy atom. The molecule has 0 aliphatic carbocycles. The van der Waals surface area contributed by atoms with Crippen LogP contribution in [0.15, 0.2) is 252 Å². The average Bonchev–Trinajstić information content (AvgIpc) is 3.83. The Bertz CT molecular complexity index is 3870. The van der Waals surface area contributed by atoms with Gasteiger partial charge >= 0.3 is 0 Å². The summed E-state index contributed by atoms with van der Waals surface area (Å²) in [6.45, 7) is 0. The number of anilines is 3. The van der Waals surface area contributed by atoms with E-state index in [1.54, 1.807) is 0 Å². The number of hydrogen-bond donors (Lipinski definition) is 0. The normalized spacial score (nSPS) is 13.2. The highest BCUT2D eigenvalue weighted by atomic mass is 32.3. The first kappa shape index (κ1) is 39.3. The van der Waals surface area contributed by atoms with Crippen molar-refractivity contribution in [2.24, 2.45) is 0 Å². The van der Waals surface area contributed by atoms with Crippen molar-refractivity contribution >= 4 is 70.4 Å². The maximum Gasteiger partial charge on any atom is 0.0547 e. The molecule has 0 amide bonds.